The number of amides is 4. The summed E-state index contributed by atoms with van der Waals surface area (Å²) in [6, 6.07) is 38.7. The van der Waals surface area contributed by atoms with Gasteiger partial charge in [0, 0.05) is 20.1 Å². The molecule has 5 aromatic carbocycles. The minimum absolute atomic E-state index is 0.0785. The maximum Gasteiger partial charge on any atom is 0.246 e. The van der Waals surface area contributed by atoms with Crippen LogP contribution in [0.3, 0.4) is 0 Å². The number of hydrogen-bond donors (Lipinski definition) is 0. The van der Waals surface area contributed by atoms with E-state index in [-0.39, 0.29) is 23.6 Å². The van der Waals surface area contributed by atoms with Gasteiger partial charge in [-0.05, 0) is 98.7 Å². The van der Waals surface area contributed by atoms with Crippen molar-refractivity contribution < 1.29 is 19.2 Å². The summed E-state index contributed by atoms with van der Waals surface area (Å²) in [5.74, 6) is -4.79. The number of fused-ring (bicyclic) bond motifs is 4. The highest BCUT2D eigenvalue weighted by Crippen LogP contribution is 2.75. The standard InChI is InChI=1S/C50H44Cl4N4O4P2/c51-37-23-9-5-19-33(37)47-55-43(59)29-15-1-2-16-30(29)44(60)56(55)48(34-20-6-10-24-38(34)52)63(47)41-27-13-14-28-42(41)64-49(35-21-7-11-25-39(35)53)57-45(61)31-17-3-4-18-32(31)46(62)58(57)50(64)36-22-8-12-26-40(36)54/h5-14,19-32,47-50H,1-4,15-18H2/t29-,30-,31-,32-,47+,48+,49+,50+/m1/s1. The predicted octanol–water partition coefficient (Wildman–Crippen LogP) is 12.1. The highest BCUT2D eigenvalue weighted by Gasteiger charge is 2.64. The largest absolute Gasteiger partial charge is 0.273 e. The zero-order chi connectivity index (χ0) is 44.0. The SMILES string of the molecule is O=C1[C@@H]2CCCC[C@H]2C(=O)N2[C@H](c3ccccc3Cl)P(c3ccccc3P3[C@@H](c4ccccc4Cl)N4C(=O)[C@@H]5CCCC[C@H]5C(=O)N4[C@@H]3c3ccccc3Cl)[C@@H](c3ccccc3Cl)N12. The number of benzene rings is 5. The van der Waals surface area contributed by atoms with Crippen molar-refractivity contribution in [2.24, 2.45) is 23.7 Å². The van der Waals surface area contributed by atoms with Crippen molar-refractivity contribution >= 4 is 96.5 Å². The topological polar surface area (TPSA) is 81.2 Å². The third-order valence-electron chi connectivity index (χ3n) is 14.3. The summed E-state index contributed by atoms with van der Waals surface area (Å²) in [5, 5.41) is 10.8. The van der Waals surface area contributed by atoms with E-state index in [1.807, 2.05) is 109 Å². The molecule has 0 N–H and O–H groups in total. The van der Waals surface area contributed by atoms with E-state index in [4.69, 9.17) is 46.4 Å². The van der Waals surface area contributed by atoms with Gasteiger partial charge in [0.05, 0.1) is 23.7 Å². The summed E-state index contributed by atoms with van der Waals surface area (Å²) in [5.41, 5.74) is 2.95. The van der Waals surface area contributed by atoms with Crippen molar-refractivity contribution in [2.75, 3.05) is 0 Å². The summed E-state index contributed by atoms with van der Waals surface area (Å²) in [4.78, 5) is 61.3. The molecule has 4 saturated heterocycles. The van der Waals surface area contributed by atoms with Gasteiger partial charge >= 0.3 is 0 Å². The Kier molecular flexibility index (Phi) is 11.3. The number of hydrogen-bond acceptors (Lipinski definition) is 4. The molecule has 0 spiro atoms. The molecule has 8 atom stereocenters. The smallest absolute Gasteiger partial charge is 0.246 e. The molecule has 64 heavy (non-hydrogen) atoms. The molecule has 4 heterocycles. The lowest BCUT2D eigenvalue weighted by atomic mass is 9.76. The first kappa shape index (κ1) is 42.6. The second-order valence-electron chi connectivity index (χ2n) is 17.6. The molecule has 5 aromatic rings. The first-order valence-corrected chi connectivity index (χ1v) is 26.6. The molecule has 0 radical (unpaired) electrons. The number of halogens is 4. The van der Waals surface area contributed by atoms with Gasteiger partial charge in [-0.2, -0.15) is 0 Å². The number of rotatable bonds is 6. The molecule has 4 amide bonds. The van der Waals surface area contributed by atoms with E-state index in [0.717, 1.165) is 58.5 Å². The zero-order valence-corrected chi connectivity index (χ0v) is 39.5. The van der Waals surface area contributed by atoms with Crippen molar-refractivity contribution in [3.05, 3.63) is 164 Å². The third kappa shape index (κ3) is 6.60. The fraction of sp³-hybridized carbons (Fsp3) is 0.320. The van der Waals surface area contributed by atoms with Crippen molar-refractivity contribution in [3.63, 3.8) is 0 Å². The Bertz CT molecular complexity index is 2380. The molecule has 6 fully saturated rings. The lowest BCUT2D eigenvalue weighted by Crippen LogP contribution is -2.59. The Labute approximate surface area is 395 Å². The van der Waals surface area contributed by atoms with E-state index in [9.17, 15) is 0 Å². The van der Waals surface area contributed by atoms with Crippen LogP contribution in [0.25, 0.3) is 0 Å². The van der Waals surface area contributed by atoms with Gasteiger partial charge in [-0.3, -0.25) is 19.2 Å². The van der Waals surface area contributed by atoms with Crippen LogP contribution in [-0.4, -0.2) is 43.7 Å². The van der Waals surface area contributed by atoms with Crippen LogP contribution in [0.1, 0.15) is 96.8 Å². The van der Waals surface area contributed by atoms with Gasteiger partial charge in [-0.1, -0.05) is 169 Å². The molecule has 326 valence electrons. The van der Waals surface area contributed by atoms with E-state index in [2.05, 4.69) is 12.1 Å². The van der Waals surface area contributed by atoms with Crippen LogP contribution in [0.5, 0.6) is 0 Å². The van der Waals surface area contributed by atoms with Gasteiger partial charge in [0.2, 0.25) is 23.6 Å². The van der Waals surface area contributed by atoms with Gasteiger partial charge in [0.25, 0.3) is 0 Å². The Morgan fingerprint density at radius 2 is 0.562 bits per heavy atom. The Hall–Kier alpha value is -4.00. The Balaban J connectivity index is 1.21. The lowest BCUT2D eigenvalue weighted by Gasteiger charge is -2.46. The number of carbonyl (C=O) groups is 4. The van der Waals surface area contributed by atoms with Crippen LogP contribution in [0.2, 0.25) is 20.1 Å². The summed E-state index contributed by atoms with van der Waals surface area (Å²) in [7, 11) is -3.37. The van der Waals surface area contributed by atoms with Crippen LogP contribution < -0.4 is 10.6 Å². The zero-order valence-electron chi connectivity index (χ0n) is 34.7. The first-order chi connectivity index (χ1) is 31.2. The molecule has 0 aromatic heterocycles. The fourth-order valence-corrected chi connectivity index (χ4v) is 20.2. The van der Waals surface area contributed by atoms with Crippen molar-refractivity contribution in [1.82, 2.24) is 20.0 Å². The van der Waals surface area contributed by atoms with E-state index < -0.39 is 62.6 Å². The lowest BCUT2D eigenvalue weighted by molar-refractivity contribution is -0.185. The van der Waals surface area contributed by atoms with E-state index >= 15 is 19.2 Å². The minimum atomic E-state index is -1.68. The van der Waals surface area contributed by atoms with E-state index in [0.29, 0.717) is 45.8 Å². The molecule has 0 unspecified atom stereocenters. The molecule has 11 rings (SSSR count). The van der Waals surface area contributed by atoms with Gasteiger partial charge in [0.15, 0.2) is 0 Å². The second kappa shape index (κ2) is 17.0. The maximum atomic E-state index is 15.3. The summed E-state index contributed by atoms with van der Waals surface area (Å²) in [6.45, 7) is 0. The summed E-state index contributed by atoms with van der Waals surface area (Å²) < 4.78 is 0. The number of nitrogens with zero attached hydrogens (tertiary/aromatic N) is 4. The summed E-state index contributed by atoms with van der Waals surface area (Å²) >= 11 is 29.0. The van der Waals surface area contributed by atoms with Crippen molar-refractivity contribution in [1.29, 1.82) is 0 Å². The normalized spacial score (nSPS) is 28.3. The molecule has 8 nitrogen and oxygen atoms in total. The van der Waals surface area contributed by atoms with Crippen LogP contribution in [0.4, 0.5) is 0 Å². The van der Waals surface area contributed by atoms with Crippen molar-refractivity contribution in [3.8, 4) is 0 Å². The Morgan fingerprint density at radius 3 is 0.797 bits per heavy atom. The maximum absolute atomic E-state index is 15.3. The number of carbonyl (C=O) groups excluding carboxylic acids is 4. The molecular formula is C50H44Cl4N4O4P2. The van der Waals surface area contributed by atoms with Gasteiger partial charge in [-0.25, -0.2) is 20.0 Å². The first-order valence-electron chi connectivity index (χ1n) is 22.1. The molecule has 0 bridgehead atoms. The highest BCUT2D eigenvalue weighted by molar-refractivity contribution is 7.73. The second-order valence-corrected chi connectivity index (χ2v) is 23.8. The highest BCUT2D eigenvalue weighted by atomic mass is 35.5. The minimum Gasteiger partial charge on any atom is -0.273 e. The molecule has 4 aliphatic heterocycles. The molecule has 6 aliphatic rings. The predicted molar refractivity (Wildman–Crippen MR) is 255 cm³/mol. The average Bonchev–Trinajstić information content (AvgIpc) is 3.85. The molecule has 2 saturated carbocycles. The fourth-order valence-electron chi connectivity index (χ4n) is 11.5. The number of hydrazine groups is 2. The van der Waals surface area contributed by atoms with Crippen molar-refractivity contribution in [2.45, 2.75) is 74.5 Å². The summed E-state index contributed by atoms with van der Waals surface area (Å²) in [6.07, 6.45) is 6.05. The molecule has 2 aliphatic carbocycles. The van der Waals surface area contributed by atoms with Crippen LogP contribution >= 0.6 is 62.2 Å². The quantitative estimate of drug-likeness (QED) is 0.159. The van der Waals surface area contributed by atoms with Crippen LogP contribution in [0, 0.1) is 23.7 Å². The molecule has 14 heteroatoms. The van der Waals surface area contributed by atoms with E-state index in [1.165, 1.54) is 0 Å². The van der Waals surface area contributed by atoms with E-state index in [1.54, 1.807) is 20.0 Å². The monoisotopic (exact) mass is 966 g/mol. The van der Waals surface area contributed by atoms with Gasteiger partial charge in [0.1, 0.15) is 23.1 Å². The van der Waals surface area contributed by atoms with Gasteiger partial charge in [-0.15, -0.1) is 0 Å². The Morgan fingerprint density at radius 1 is 0.344 bits per heavy atom. The third-order valence-corrected chi connectivity index (χ3v) is 21.9. The van der Waals surface area contributed by atoms with Gasteiger partial charge < -0.3 is 0 Å². The average molecular weight is 969 g/mol. The van der Waals surface area contributed by atoms with Crippen LogP contribution in [-0.2, 0) is 19.2 Å². The van der Waals surface area contributed by atoms with Crippen LogP contribution in [0.15, 0.2) is 121 Å². The molecular weight excluding hydrogens is 924 g/mol.